The van der Waals surface area contributed by atoms with Crippen molar-refractivity contribution in [3.63, 3.8) is 0 Å². The first-order valence-electron chi connectivity index (χ1n) is 9.22. The summed E-state index contributed by atoms with van der Waals surface area (Å²) in [6, 6.07) is 9.12. The van der Waals surface area contributed by atoms with Crippen LogP contribution in [0.5, 0.6) is 0 Å². The summed E-state index contributed by atoms with van der Waals surface area (Å²) in [6.45, 7) is 6.15. The molecule has 1 amide bonds. The van der Waals surface area contributed by atoms with Crippen molar-refractivity contribution in [2.75, 3.05) is 42.9 Å². The molecule has 0 bridgehead atoms. The SMILES string of the molecule is CC(=O)N1CCN(c2ccc(NC[C@H]3CC[C@H](N)CC3)cc2)CC1. The lowest BCUT2D eigenvalue weighted by Crippen LogP contribution is -2.48. The van der Waals surface area contributed by atoms with Gasteiger partial charge in [-0.05, 0) is 55.9 Å². The van der Waals surface area contributed by atoms with Gasteiger partial charge in [-0.25, -0.2) is 0 Å². The van der Waals surface area contributed by atoms with Gasteiger partial charge in [-0.2, -0.15) is 0 Å². The van der Waals surface area contributed by atoms with Crippen LogP contribution in [0.25, 0.3) is 0 Å². The lowest BCUT2D eigenvalue weighted by atomic mass is 9.86. The average molecular weight is 330 g/mol. The number of amides is 1. The second kappa shape index (κ2) is 7.88. The number of hydrogen-bond donors (Lipinski definition) is 2. The Bertz CT molecular complexity index is 529. The molecule has 5 nitrogen and oxygen atoms in total. The minimum absolute atomic E-state index is 0.179. The third-order valence-electron chi connectivity index (χ3n) is 5.44. The molecule has 1 saturated heterocycles. The third kappa shape index (κ3) is 4.41. The van der Waals surface area contributed by atoms with Crippen LogP contribution >= 0.6 is 0 Å². The molecule has 24 heavy (non-hydrogen) atoms. The Morgan fingerprint density at radius 3 is 2.29 bits per heavy atom. The molecule has 0 radical (unpaired) electrons. The predicted molar refractivity (Wildman–Crippen MR) is 99.3 cm³/mol. The minimum Gasteiger partial charge on any atom is -0.385 e. The summed E-state index contributed by atoms with van der Waals surface area (Å²) in [5, 5.41) is 3.57. The minimum atomic E-state index is 0.179. The molecular formula is C19H30N4O. The van der Waals surface area contributed by atoms with Gasteiger partial charge in [0, 0.05) is 57.1 Å². The first kappa shape index (κ1) is 17.1. The first-order valence-corrected chi connectivity index (χ1v) is 9.22. The van der Waals surface area contributed by atoms with Crippen LogP contribution in [0, 0.1) is 5.92 Å². The van der Waals surface area contributed by atoms with E-state index < -0.39 is 0 Å². The second-order valence-electron chi connectivity index (χ2n) is 7.20. The van der Waals surface area contributed by atoms with Crippen LogP contribution < -0.4 is 16.0 Å². The standard InChI is InChI=1S/C19H30N4O/c1-15(24)22-10-12-23(13-11-22)19-8-6-18(7-9-19)21-14-16-2-4-17(20)5-3-16/h6-9,16-17,21H,2-5,10-14,20H2,1H3/t16-,17-. The Morgan fingerprint density at radius 2 is 1.71 bits per heavy atom. The van der Waals surface area contributed by atoms with E-state index in [-0.39, 0.29) is 5.91 Å². The van der Waals surface area contributed by atoms with Gasteiger partial charge in [0.25, 0.3) is 0 Å². The summed E-state index contributed by atoms with van der Waals surface area (Å²) in [6.07, 6.45) is 4.81. The van der Waals surface area contributed by atoms with E-state index in [9.17, 15) is 4.79 Å². The molecule has 132 valence electrons. The van der Waals surface area contributed by atoms with E-state index in [1.165, 1.54) is 24.2 Å². The number of benzene rings is 1. The summed E-state index contributed by atoms with van der Waals surface area (Å²) in [4.78, 5) is 15.7. The molecule has 2 aliphatic rings. The molecule has 1 aromatic carbocycles. The van der Waals surface area contributed by atoms with Crippen LogP contribution in [0.15, 0.2) is 24.3 Å². The molecule has 5 heteroatoms. The predicted octanol–water partition coefficient (Wildman–Crippen LogP) is 2.28. The maximum atomic E-state index is 11.4. The zero-order valence-corrected chi connectivity index (χ0v) is 14.7. The highest BCUT2D eigenvalue weighted by Gasteiger charge is 2.19. The summed E-state index contributed by atoms with van der Waals surface area (Å²) >= 11 is 0. The number of nitrogens with one attached hydrogen (secondary N) is 1. The van der Waals surface area contributed by atoms with Crippen LogP contribution in [0.3, 0.4) is 0 Å². The maximum absolute atomic E-state index is 11.4. The van der Waals surface area contributed by atoms with E-state index in [0.717, 1.165) is 51.5 Å². The van der Waals surface area contributed by atoms with E-state index in [0.29, 0.717) is 6.04 Å². The molecule has 0 spiro atoms. The molecule has 2 fully saturated rings. The van der Waals surface area contributed by atoms with Gasteiger partial charge in [-0.15, -0.1) is 0 Å². The molecule has 0 atom stereocenters. The van der Waals surface area contributed by atoms with Gasteiger partial charge in [0.2, 0.25) is 5.91 Å². The highest BCUT2D eigenvalue weighted by Crippen LogP contribution is 2.24. The molecule has 3 N–H and O–H groups in total. The largest absolute Gasteiger partial charge is 0.385 e. The Balaban J connectivity index is 1.46. The Kier molecular flexibility index (Phi) is 5.61. The Hall–Kier alpha value is -1.75. The number of anilines is 2. The molecule has 1 aliphatic heterocycles. The van der Waals surface area contributed by atoms with Crippen LogP contribution in [0.2, 0.25) is 0 Å². The third-order valence-corrected chi connectivity index (χ3v) is 5.44. The highest BCUT2D eigenvalue weighted by atomic mass is 16.2. The number of rotatable bonds is 4. The van der Waals surface area contributed by atoms with Crippen molar-refractivity contribution in [1.29, 1.82) is 0 Å². The molecular weight excluding hydrogens is 300 g/mol. The number of hydrogen-bond acceptors (Lipinski definition) is 4. The molecule has 1 aliphatic carbocycles. The van der Waals surface area contributed by atoms with Crippen LogP contribution in [-0.2, 0) is 4.79 Å². The average Bonchev–Trinajstić information content (AvgIpc) is 2.62. The van der Waals surface area contributed by atoms with E-state index in [4.69, 9.17) is 5.73 Å². The summed E-state index contributed by atoms with van der Waals surface area (Å²) in [7, 11) is 0. The van der Waals surface area contributed by atoms with Crippen molar-refractivity contribution in [2.24, 2.45) is 11.7 Å². The van der Waals surface area contributed by atoms with Crippen LogP contribution in [0.1, 0.15) is 32.6 Å². The van der Waals surface area contributed by atoms with Crippen molar-refractivity contribution in [1.82, 2.24) is 4.90 Å². The van der Waals surface area contributed by atoms with Gasteiger partial charge < -0.3 is 20.9 Å². The summed E-state index contributed by atoms with van der Waals surface area (Å²) in [5.41, 5.74) is 8.40. The van der Waals surface area contributed by atoms with Crippen molar-refractivity contribution >= 4 is 17.3 Å². The topological polar surface area (TPSA) is 61.6 Å². The highest BCUT2D eigenvalue weighted by molar-refractivity contribution is 5.73. The van der Waals surface area contributed by atoms with Crippen molar-refractivity contribution < 1.29 is 4.79 Å². The van der Waals surface area contributed by atoms with Gasteiger partial charge in [-0.1, -0.05) is 0 Å². The number of nitrogens with two attached hydrogens (primary N) is 1. The van der Waals surface area contributed by atoms with Crippen molar-refractivity contribution in [3.05, 3.63) is 24.3 Å². The summed E-state index contributed by atoms with van der Waals surface area (Å²) < 4.78 is 0. The first-order chi connectivity index (χ1) is 11.6. The van der Waals surface area contributed by atoms with Crippen molar-refractivity contribution in [3.8, 4) is 0 Å². The van der Waals surface area contributed by atoms with Crippen molar-refractivity contribution in [2.45, 2.75) is 38.6 Å². The van der Waals surface area contributed by atoms with Gasteiger partial charge in [0.05, 0.1) is 0 Å². The van der Waals surface area contributed by atoms with Gasteiger partial charge >= 0.3 is 0 Å². The van der Waals surface area contributed by atoms with E-state index in [1.807, 2.05) is 4.90 Å². The zero-order chi connectivity index (χ0) is 16.9. The fraction of sp³-hybridized carbons (Fsp3) is 0.632. The normalized spacial score (nSPS) is 24.8. The summed E-state index contributed by atoms with van der Waals surface area (Å²) in [5.74, 6) is 0.932. The molecule has 1 aromatic rings. The van der Waals surface area contributed by atoms with Gasteiger partial charge in [0.1, 0.15) is 0 Å². The lowest BCUT2D eigenvalue weighted by molar-refractivity contribution is -0.129. The van der Waals surface area contributed by atoms with E-state index >= 15 is 0 Å². The Morgan fingerprint density at radius 1 is 1.08 bits per heavy atom. The molecule has 1 saturated carbocycles. The van der Waals surface area contributed by atoms with Gasteiger partial charge in [0.15, 0.2) is 0 Å². The molecule has 0 aromatic heterocycles. The number of nitrogens with zero attached hydrogens (tertiary/aromatic N) is 2. The van der Waals surface area contributed by atoms with E-state index in [2.05, 4.69) is 34.5 Å². The number of piperazine rings is 1. The second-order valence-corrected chi connectivity index (χ2v) is 7.20. The molecule has 0 unspecified atom stereocenters. The maximum Gasteiger partial charge on any atom is 0.219 e. The number of carbonyl (C=O) groups is 1. The number of carbonyl (C=O) groups excluding carboxylic acids is 1. The quantitative estimate of drug-likeness (QED) is 0.889. The van der Waals surface area contributed by atoms with E-state index in [1.54, 1.807) is 6.92 Å². The molecule has 3 rings (SSSR count). The fourth-order valence-corrected chi connectivity index (χ4v) is 3.72. The lowest BCUT2D eigenvalue weighted by Gasteiger charge is -2.35. The zero-order valence-electron chi connectivity index (χ0n) is 14.7. The van der Waals surface area contributed by atoms with Crippen LogP contribution in [-0.4, -0.2) is 49.6 Å². The smallest absolute Gasteiger partial charge is 0.219 e. The van der Waals surface area contributed by atoms with Crippen LogP contribution in [0.4, 0.5) is 11.4 Å². The monoisotopic (exact) mass is 330 g/mol. The molecule has 1 heterocycles. The van der Waals surface area contributed by atoms with Gasteiger partial charge in [-0.3, -0.25) is 4.79 Å². The fourth-order valence-electron chi connectivity index (χ4n) is 3.72. The Labute approximate surface area is 145 Å².